The van der Waals surface area contributed by atoms with Crippen LogP contribution in [-0.4, -0.2) is 15.6 Å². The standard InChI is InChI=1S/C19H18N2O2/c1-3-12(2)18-17(19(20)23)15-6-4-5-7-16(15)21(18)13-8-10-14(22)11-9-13/h3-11,22H,1-2H3,(H2,20,23). The van der Waals surface area contributed by atoms with Crippen LogP contribution in [0, 0.1) is 0 Å². The van der Waals surface area contributed by atoms with Crippen molar-refractivity contribution in [2.75, 3.05) is 0 Å². The largest absolute Gasteiger partial charge is 0.508 e. The van der Waals surface area contributed by atoms with E-state index in [9.17, 15) is 9.90 Å². The van der Waals surface area contributed by atoms with E-state index in [1.807, 2.05) is 60.9 Å². The van der Waals surface area contributed by atoms with Crippen molar-refractivity contribution < 1.29 is 9.90 Å². The van der Waals surface area contributed by atoms with Gasteiger partial charge in [-0.25, -0.2) is 0 Å². The molecule has 0 saturated heterocycles. The molecule has 0 aliphatic carbocycles. The molecule has 4 nitrogen and oxygen atoms in total. The van der Waals surface area contributed by atoms with Gasteiger partial charge >= 0.3 is 0 Å². The molecule has 23 heavy (non-hydrogen) atoms. The van der Waals surface area contributed by atoms with Crippen LogP contribution in [0.15, 0.2) is 54.6 Å². The van der Waals surface area contributed by atoms with Crippen molar-refractivity contribution in [2.45, 2.75) is 13.8 Å². The number of aromatic nitrogens is 1. The molecular formula is C19H18N2O2. The van der Waals surface area contributed by atoms with E-state index in [1.165, 1.54) is 0 Å². The highest BCUT2D eigenvalue weighted by molar-refractivity contribution is 6.11. The van der Waals surface area contributed by atoms with Crippen molar-refractivity contribution in [3.05, 3.63) is 65.9 Å². The number of phenols is 1. The van der Waals surface area contributed by atoms with Crippen LogP contribution in [0.1, 0.15) is 29.9 Å². The monoisotopic (exact) mass is 306 g/mol. The van der Waals surface area contributed by atoms with Crippen LogP contribution in [0.3, 0.4) is 0 Å². The van der Waals surface area contributed by atoms with E-state index in [0.29, 0.717) is 5.56 Å². The quantitative estimate of drug-likeness (QED) is 0.771. The second-order valence-electron chi connectivity index (χ2n) is 5.43. The lowest BCUT2D eigenvalue weighted by molar-refractivity contribution is 0.100. The summed E-state index contributed by atoms with van der Waals surface area (Å²) in [7, 11) is 0. The zero-order valence-corrected chi connectivity index (χ0v) is 13.1. The van der Waals surface area contributed by atoms with Crippen molar-refractivity contribution >= 4 is 22.4 Å². The maximum Gasteiger partial charge on any atom is 0.251 e. The molecule has 0 aliphatic heterocycles. The summed E-state index contributed by atoms with van der Waals surface area (Å²) in [5.41, 5.74) is 9.70. The lowest BCUT2D eigenvalue weighted by Gasteiger charge is -2.12. The molecule has 0 fully saturated rings. The molecule has 0 bridgehead atoms. The number of nitrogens with zero attached hydrogens (tertiary/aromatic N) is 1. The van der Waals surface area contributed by atoms with Gasteiger partial charge in [-0.3, -0.25) is 4.79 Å². The summed E-state index contributed by atoms with van der Waals surface area (Å²) in [5.74, 6) is -0.250. The average Bonchev–Trinajstić information content (AvgIpc) is 2.90. The van der Waals surface area contributed by atoms with Gasteiger partial charge in [0.2, 0.25) is 0 Å². The first kappa shape index (κ1) is 14.9. The van der Waals surface area contributed by atoms with Gasteiger partial charge in [0.05, 0.1) is 16.8 Å². The fourth-order valence-electron chi connectivity index (χ4n) is 2.87. The van der Waals surface area contributed by atoms with Gasteiger partial charge in [0.1, 0.15) is 5.75 Å². The Morgan fingerprint density at radius 3 is 2.39 bits per heavy atom. The molecule has 3 rings (SSSR count). The molecule has 0 radical (unpaired) electrons. The van der Waals surface area contributed by atoms with Gasteiger partial charge in [0.25, 0.3) is 5.91 Å². The van der Waals surface area contributed by atoms with Crippen LogP contribution < -0.4 is 5.73 Å². The number of carbonyl (C=O) groups excluding carboxylic acids is 1. The van der Waals surface area contributed by atoms with Crippen molar-refractivity contribution in [2.24, 2.45) is 5.73 Å². The molecule has 1 amide bonds. The highest BCUT2D eigenvalue weighted by Crippen LogP contribution is 2.33. The first-order chi connectivity index (χ1) is 11.0. The Labute approximate surface area is 134 Å². The third-order valence-electron chi connectivity index (χ3n) is 4.04. The molecule has 0 aliphatic rings. The smallest absolute Gasteiger partial charge is 0.251 e. The van der Waals surface area contributed by atoms with E-state index >= 15 is 0 Å². The Morgan fingerprint density at radius 2 is 1.78 bits per heavy atom. The number of hydrogen-bond donors (Lipinski definition) is 2. The van der Waals surface area contributed by atoms with Crippen LogP contribution in [0.4, 0.5) is 0 Å². The minimum absolute atomic E-state index is 0.199. The number of aromatic hydroxyl groups is 1. The summed E-state index contributed by atoms with van der Waals surface area (Å²) in [6.07, 6.45) is 1.96. The van der Waals surface area contributed by atoms with Crippen molar-refractivity contribution in [3.63, 3.8) is 0 Å². The summed E-state index contributed by atoms with van der Waals surface area (Å²) >= 11 is 0. The van der Waals surface area contributed by atoms with E-state index < -0.39 is 5.91 Å². The van der Waals surface area contributed by atoms with E-state index in [2.05, 4.69) is 0 Å². The Bertz CT molecular complexity index is 918. The topological polar surface area (TPSA) is 68.2 Å². The molecule has 116 valence electrons. The Morgan fingerprint density at radius 1 is 1.13 bits per heavy atom. The van der Waals surface area contributed by atoms with Crippen LogP contribution in [0.5, 0.6) is 5.75 Å². The molecule has 1 heterocycles. The number of fused-ring (bicyclic) bond motifs is 1. The highest BCUT2D eigenvalue weighted by Gasteiger charge is 2.22. The number of carbonyl (C=O) groups is 1. The van der Waals surface area contributed by atoms with E-state index in [4.69, 9.17) is 5.73 Å². The minimum atomic E-state index is -0.449. The lowest BCUT2D eigenvalue weighted by Crippen LogP contribution is -2.13. The SMILES string of the molecule is CC=C(C)c1c(C(N)=O)c2ccccc2n1-c1ccc(O)cc1. The summed E-state index contributed by atoms with van der Waals surface area (Å²) in [6.45, 7) is 3.89. The first-order valence-electron chi connectivity index (χ1n) is 7.40. The molecule has 1 aromatic heterocycles. The molecule has 0 spiro atoms. The predicted molar refractivity (Wildman–Crippen MR) is 92.8 cm³/mol. The van der Waals surface area contributed by atoms with E-state index in [-0.39, 0.29) is 5.75 Å². The Hall–Kier alpha value is -3.01. The number of benzene rings is 2. The number of primary amides is 1. The highest BCUT2D eigenvalue weighted by atomic mass is 16.3. The number of hydrogen-bond acceptors (Lipinski definition) is 2. The van der Waals surface area contributed by atoms with Crippen molar-refractivity contribution in [1.29, 1.82) is 0 Å². The van der Waals surface area contributed by atoms with Crippen LogP contribution >= 0.6 is 0 Å². The second kappa shape index (κ2) is 5.65. The number of nitrogens with two attached hydrogens (primary N) is 1. The fraction of sp³-hybridized carbons (Fsp3) is 0.105. The summed E-state index contributed by atoms with van der Waals surface area (Å²) in [5, 5.41) is 10.4. The number of phenolic OH excluding ortho intramolecular Hbond substituents is 1. The van der Waals surface area contributed by atoms with E-state index in [1.54, 1.807) is 12.1 Å². The minimum Gasteiger partial charge on any atom is -0.508 e. The summed E-state index contributed by atoms with van der Waals surface area (Å²) in [6, 6.07) is 14.6. The van der Waals surface area contributed by atoms with Gasteiger partial charge in [0, 0.05) is 11.1 Å². The molecule has 3 aromatic rings. The number of rotatable bonds is 3. The molecule has 4 heteroatoms. The molecular weight excluding hydrogens is 288 g/mol. The first-order valence-corrected chi connectivity index (χ1v) is 7.40. The Balaban J connectivity index is 2.48. The van der Waals surface area contributed by atoms with Gasteiger partial charge in [-0.05, 0) is 49.8 Å². The van der Waals surface area contributed by atoms with Crippen LogP contribution in [-0.2, 0) is 0 Å². The zero-order chi connectivity index (χ0) is 16.6. The number of amides is 1. The maximum atomic E-state index is 12.1. The summed E-state index contributed by atoms with van der Waals surface area (Å²) < 4.78 is 2.00. The van der Waals surface area contributed by atoms with E-state index in [0.717, 1.165) is 27.9 Å². The van der Waals surface area contributed by atoms with Gasteiger partial charge in [0.15, 0.2) is 0 Å². The lowest BCUT2D eigenvalue weighted by atomic mass is 10.1. The average molecular weight is 306 g/mol. The molecule has 0 unspecified atom stereocenters. The van der Waals surface area contributed by atoms with Crippen molar-refractivity contribution in [3.8, 4) is 11.4 Å². The van der Waals surface area contributed by atoms with Gasteiger partial charge in [-0.15, -0.1) is 0 Å². The fourth-order valence-corrected chi connectivity index (χ4v) is 2.87. The van der Waals surface area contributed by atoms with Gasteiger partial charge in [-0.1, -0.05) is 24.3 Å². The maximum absolute atomic E-state index is 12.1. The van der Waals surface area contributed by atoms with Crippen molar-refractivity contribution in [1.82, 2.24) is 4.57 Å². The molecule has 2 aromatic carbocycles. The number of para-hydroxylation sites is 1. The molecule has 0 atom stereocenters. The van der Waals surface area contributed by atoms with Gasteiger partial charge < -0.3 is 15.4 Å². The third-order valence-corrected chi connectivity index (χ3v) is 4.04. The van der Waals surface area contributed by atoms with Gasteiger partial charge in [-0.2, -0.15) is 0 Å². The van der Waals surface area contributed by atoms with Crippen LogP contribution in [0.25, 0.3) is 22.2 Å². The summed E-state index contributed by atoms with van der Waals surface area (Å²) in [4.78, 5) is 12.1. The third kappa shape index (κ3) is 2.38. The molecule has 0 saturated carbocycles. The molecule has 3 N–H and O–H groups in total. The second-order valence-corrected chi connectivity index (χ2v) is 5.43. The Kier molecular flexibility index (Phi) is 3.66. The predicted octanol–water partition coefficient (Wildman–Crippen LogP) is 3.86. The van der Waals surface area contributed by atoms with Crippen LogP contribution in [0.2, 0.25) is 0 Å². The zero-order valence-electron chi connectivity index (χ0n) is 13.1. The normalized spacial score (nSPS) is 11.8. The number of allylic oxidation sites excluding steroid dienone is 2.